The van der Waals surface area contributed by atoms with Crippen LogP contribution in [0.5, 0.6) is 0 Å². The molecule has 0 bridgehead atoms. The van der Waals surface area contributed by atoms with Crippen LogP contribution in [-0.4, -0.2) is 29.2 Å². The Labute approximate surface area is 150 Å². The molecular weight excluding hydrogens is 370 g/mol. The van der Waals surface area contributed by atoms with Crippen molar-refractivity contribution in [2.45, 2.75) is 10.7 Å². The number of nitro benzene ring substituents is 1. The molecule has 0 unspecified atom stereocenters. The van der Waals surface area contributed by atoms with Crippen molar-refractivity contribution >= 4 is 35.0 Å². The molecule has 0 heterocycles. The van der Waals surface area contributed by atoms with Crippen LogP contribution < -0.4 is 5.32 Å². The smallest absolute Gasteiger partial charge is 0.338 e. The van der Waals surface area contributed by atoms with E-state index in [1.807, 2.05) is 0 Å². The lowest BCUT2D eigenvalue weighted by Crippen LogP contribution is -2.20. The molecule has 10 heteroatoms. The molecule has 0 aliphatic heterocycles. The molecule has 1 amide bonds. The zero-order valence-electron chi connectivity index (χ0n) is 13.1. The Morgan fingerprint density at radius 1 is 1.19 bits per heavy atom. The number of nitro groups is 1. The van der Waals surface area contributed by atoms with Crippen molar-refractivity contribution in [1.29, 1.82) is 0 Å². The number of halogens is 2. The molecule has 0 saturated heterocycles. The Balaban J connectivity index is 1.87. The van der Waals surface area contributed by atoms with Crippen molar-refractivity contribution in [1.82, 2.24) is 0 Å². The van der Waals surface area contributed by atoms with Crippen molar-refractivity contribution in [3.63, 3.8) is 0 Å². The van der Waals surface area contributed by atoms with Crippen LogP contribution in [0.2, 0.25) is 0 Å². The van der Waals surface area contributed by atoms with Crippen molar-refractivity contribution in [2.75, 3.05) is 11.9 Å². The SMILES string of the molecule is O=C(COC(=O)c1cccc([N+](=O)[O-])c1)Nc1ccc(SC(F)F)cc1. The first-order chi connectivity index (χ1) is 12.3. The van der Waals surface area contributed by atoms with Gasteiger partial charge in [-0.2, -0.15) is 8.78 Å². The first kappa shape index (κ1) is 19.3. The van der Waals surface area contributed by atoms with Gasteiger partial charge in [0.25, 0.3) is 17.4 Å². The predicted molar refractivity (Wildman–Crippen MR) is 90.3 cm³/mol. The Hall–Kier alpha value is -3.01. The molecule has 0 saturated carbocycles. The maximum Gasteiger partial charge on any atom is 0.338 e. The van der Waals surface area contributed by atoms with E-state index in [0.717, 1.165) is 6.07 Å². The second kappa shape index (κ2) is 8.90. The van der Waals surface area contributed by atoms with Gasteiger partial charge >= 0.3 is 5.97 Å². The quantitative estimate of drug-likeness (QED) is 0.339. The van der Waals surface area contributed by atoms with Crippen LogP contribution in [0.3, 0.4) is 0 Å². The van der Waals surface area contributed by atoms with Crippen molar-refractivity contribution in [3.05, 3.63) is 64.2 Å². The summed E-state index contributed by atoms with van der Waals surface area (Å²) in [6.45, 7) is -0.602. The highest BCUT2D eigenvalue weighted by Crippen LogP contribution is 2.26. The van der Waals surface area contributed by atoms with Gasteiger partial charge in [-0.25, -0.2) is 4.79 Å². The van der Waals surface area contributed by atoms with Gasteiger partial charge in [0, 0.05) is 22.7 Å². The van der Waals surface area contributed by atoms with Gasteiger partial charge in [0.1, 0.15) is 0 Å². The number of benzene rings is 2. The Morgan fingerprint density at radius 2 is 1.88 bits per heavy atom. The van der Waals surface area contributed by atoms with E-state index in [9.17, 15) is 28.5 Å². The van der Waals surface area contributed by atoms with Crippen LogP contribution in [0.4, 0.5) is 20.2 Å². The molecule has 0 radical (unpaired) electrons. The lowest BCUT2D eigenvalue weighted by atomic mass is 10.2. The number of rotatable bonds is 7. The third-order valence-electron chi connectivity index (χ3n) is 2.99. The summed E-state index contributed by atoms with van der Waals surface area (Å²) in [6, 6.07) is 10.6. The summed E-state index contributed by atoms with van der Waals surface area (Å²) in [6.07, 6.45) is 0. The second-order valence-corrected chi connectivity index (χ2v) is 5.90. The monoisotopic (exact) mass is 382 g/mol. The molecule has 0 atom stereocenters. The van der Waals surface area contributed by atoms with Gasteiger partial charge in [-0.15, -0.1) is 0 Å². The largest absolute Gasteiger partial charge is 0.452 e. The summed E-state index contributed by atoms with van der Waals surface area (Å²) < 4.78 is 29.2. The molecule has 136 valence electrons. The van der Waals surface area contributed by atoms with Gasteiger partial charge in [-0.05, 0) is 30.3 Å². The zero-order valence-corrected chi connectivity index (χ0v) is 13.9. The van der Waals surface area contributed by atoms with Gasteiger partial charge in [-0.3, -0.25) is 14.9 Å². The van der Waals surface area contributed by atoms with E-state index in [2.05, 4.69) is 5.32 Å². The third-order valence-corrected chi connectivity index (χ3v) is 3.71. The lowest BCUT2D eigenvalue weighted by Gasteiger charge is -2.07. The van der Waals surface area contributed by atoms with Gasteiger partial charge < -0.3 is 10.1 Å². The van der Waals surface area contributed by atoms with Crippen molar-refractivity contribution in [3.8, 4) is 0 Å². The van der Waals surface area contributed by atoms with Crippen LogP contribution in [-0.2, 0) is 9.53 Å². The number of amides is 1. The summed E-state index contributed by atoms with van der Waals surface area (Å²) >= 11 is 0.378. The minimum Gasteiger partial charge on any atom is -0.452 e. The predicted octanol–water partition coefficient (Wildman–Crippen LogP) is 3.71. The van der Waals surface area contributed by atoms with E-state index in [4.69, 9.17) is 4.74 Å². The summed E-state index contributed by atoms with van der Waals surface area (Å²) in [5, 5.41) is 13.1. The number of anilines is 1. The van der Waals surface area contributed by atoms with Crippen LogP contribution in [0.15, 0.2) is 53.4 Å². The van der Waals surface area contributed by atoms with Gasteiger partial charge in [0.05, 0.1) is 10.5 Å². The minimum absolute atomic E-state index is 0.0552. The first-order valence-corrected chi connectivity index (χ1v) is 7.99. The molecule has 2 rings (SSSR count). The second-order valence-electron chi connectivity index (χ2n) is 4.83. The maximum absolute atomic E-state index is 12.2. The van der Waals surface area contributed by atoms with Gasteiger partial charge in [-0.1, -0.05) is 17.8 Å². The number of thioether (sulfide) groups is 1. The minimum atomic E-state index is -2.54. The number of nitrogens with one attached hydrogen (secondary N) is 1. The highest BCUT2D eigenvalue weighted by Gasteiger charge is 2.14. The molecule has 0 aliphatic carbocycles. The number of ether oxygens (including phenoxy) is 1. The van der Waals surface area contributed by atoms with Crippen LogP contribution in [0, 0.1) is 10.1 Å². The first-order valence-electron chi connectivity index (χ1n) is 7.11. The highest BCUT2D eigenvalue weighted by atomic mass is 32.2. The number of esters is 1. The fourth-order valence-corrected chi connectivity index (χ4v) is 2.38. The fourth-order valence-electron chi connectivity index (χ4n) is 1.88. The van der Waals surface area contributed by atoms with Crippen molar-refractivity contribution < 1.29 is 28.0 Å². The number of alkyl halides is 2. The summed E-state index contributed by atoms with van der Waals surface area (Å²) in [4.78, 5) is 34.0. The van der Waals surface area contributed by atoms with Crippen LogP contribution in [0.1, 0.15) is 10.4 Å². The molecule has 1 N–H and O–H groups in total. The Bertz CT molecular complexity index is 815. The summed E-state index contributed by atoms with van der Waals surface area (Å²) in [7, 11) is 0. The molecule has 7 nitrogen and oxygen atoms in total. The van der Waals surface area contributed by atoms with Gasteiger partial charge in [0.2, 0.25) is 0 Å². The lowest BCUT2D eigenvalue weighted by molar-refractivity contribution is -0.384. The van der Waals surface area contributed by atoms with E-state index >= 15 is 0 Å². The standard InChI is InChI=1S/C16H12F2N2O5S/c17-16(18)26-13-6-4-11(5-7-13)19-14(21)9-25-15(22)10-2-1-3-12(8-10)20(23)24/h1-8,16H,9H2,(H,19,21). The molecule has 0 aliphatic rings. The normalized spacial score (nSPS) is 10.4. The number of hydrogen-bond donors (Lipinski definition) is 1. The molecule has 0 fully saturated rings. The van der Waals surface area contributed by atoms with Crippen molar-refractivity contribution in [2.24, 2.45) is 0 Å². The summed E-state index contributed by atoms with van der Waals surface area (Å²) in [5.74, 6) is -4.06. The van der Waals surface area contributed by atoms with Gasteiger partial charge in [0.15, 0.2) is 6.61 Å². The number of carbonyl (C=O) groups excluding carboxylic acids is 2. The molecular formula is C16H12F2N2O5S. The molecule has 26 heavy (non-hydrogen) atoms. The van der Waals surface area contributed by atoms with E-state index in [1.54, 1.807) is 0 Å². The van der Waals surface area contributed by atoms with E-state index in [1.165, 1.54) is 42.5 Å². The van der Waals surface area contributed by atoms with Crippen LogP contribution >= 0.6 is 11.8 Å². The van der Waals surface area contributed by atoms with E-state index in [-0.39, 0.29) is 11.3 Å². The highest BCUT2D eigenvalue weighted by molar-refractivity contribution is 7.99. The number of carbonyl (C=O) groups is 2. The molecule has 2 aromatic carbocycles. The summed E-state index contributed by atoms with van der Waals surface area (Å²) in [5.41, 5.74) is 0.0195. The van der Waals surface area contributed by atoms with E-state index in [0.29, 0.717) is 22.3 Å². The number of non-ortho nitro benzene ring substituents is 1. The molecule has 0 aromatic heterocycles. The molecule has 0 spiro atoms. The fraction of sp³-hybridized carbons (Fsp3) is 0.125. The number of hydrogen-bond acceptors (Lipinski definition) is 6. The third kappa shape index (κ3) is 5.81. The number of nitrogens with zero attached hydrogens (tertiary/aromatic N) is 1. The molecule has 2 aromatic rings. The zero-order chi connectivity index (χ0) is 19.1. The Kier molecular flexibility index (Phi) is 6.61. The topological polar surface area (TPSA) is 98.5 Å². The van der Waals surface area contributed by atoms with Crippen LogP contribution in [0.25, 0.3) is 0 Å². The Morgan fingerprint density at radius 3 is 2.50 bits per heavy atom. The maximum atomic E-state index is 12.2. The average Bonchev–Trinajstić information content (AvgIpc) is 2.61. The van der Waals surface area contributed by atoms with E-state index < -0.39 is 29.2 Å². The average molecular weight is 382 g/mol.